The number of rotatable bonds is 3. The summed E-state index contributed by atoms with van der Waals surface area (Å²) in [6.07, 6.45) is 1.79. The van der Waals surface area contributed by atoms with E-state index in [1.807, 2.05) is 42.5 Å². The third kappa shape index (κ3) is 2.40. The molecule has 20 heavy (non-hydrogen) atoms. The highest BCUT2D eigenvalue weighted by atomic mass is 32.2. The second-order valence-electron chi connectivity index (χ2n) is 4.30. The second-order valence-corrected chi connectivity index (χ2v) is 5.41. The maximum Gasteiger partial charge on any atom is 0.252 e. The molecule has 0 spiro atoms. The summed E-state index contributed by atoms with van der Waals surface area (Å²) in [6.45, 7) is 0. The van der Waals surface area contributed by atoms with Crippen LogP contribution in [0.2, 0.25) is 0 Å². The lowest BCUT2D eigenvalue weighted by Gasteiger charge is -2.07. The molecule has 100 valence electrons. The Morgan fingerprint density at radius 2 is 2.10 bits per heavy atom. The average Bonchev–Trinajstić information content (AvgIpc) is 2.94. The molecule has 0 atom stereocenters. The summed E-state index contributed by atoms with van der Waals surface area (Å²) in [5.41, 5.74) is 1.68. The first-order valence-electron chi connectivity index (χ1n) is 6.20. The molecule has 2 N–H and O–H groups in total. The van der Waals surface area contributed by atoms with E-state index in [9.17, 15) is 4.79 Å². The molecule has 3 aromatic rings. The third-order valence-electron chi connectivity index (χ3n) is 3.00. The van der Waals surface area contributed by atoms with Gasteiger partial charge in [0.1, 0.15) is 0 Å². The zero-order chi connectivity index (χ0) is 13.9. The van der Waals surface area contributed by atoms with E-state index in [1.165, 1.54) is 0 Å². The van der Waals surface area contributed by atoms with E-state index < -0.39 is 0 Å². The predicted octanol–water partition coefficient (Wildman–Crippen LogP) is 3.07. The highest BCUT2D eigenvalue weighted by Gasteiger charge is 2.10. The summed E-state index contributed by atoms with van der Waals surface area (Å²) in [5.74, 6) is -0.0734. The van der Waals surface area contributed by atoms with Gasteiger partial charge in [-0.3, -0.25) is 9.89 Å². The minimum atomic E-state index is -0.0734. The van der Waals surface area contributed by atoms with Crippen LogP contribution in [-0.4, -0.2) is 23.2 Å². The van der Waals surface area contributed by atoms with Crippen molar-refractivity contribution in [3.8, 4) is 0 Å². The van der Waals surface area contributed by atoms with Crippen LogP contribution in [0.5, 0.6) is 0 Å². The monoisotopic (exact) mass is 283 g/mol. The number of hydrogen-bond acceptors (Lipinski definition) is 3. The van der Waals surface area contributed by atoms with Gasteiger partial charge in [-0.25, -0.2) is 0 Å². The van der Waals surface area contributed by atoms with E-state index in [1.54, 1.807) is 25.0 Å². The van der Waals surface area contributed by atoms with Gasteiger partial charge in [-0.05, 0) is 24.3 Å². The lowest BCUT2D eigenvalue weighted by molar-refractivity contribution is 0.0960. The van der Waals surface area contributed by atoms with Crippen molar-refractivity contribution in [1.82, 2.24) is 15.5 Å². The van der Waals surface area contributed by atoms with Crippen LogP contribution in [0.3, 0.4) is 0 Å². The van der Waals surface area contributed by atoms with Crippen molar-refractivity contribution >= 4 is 28.6 Å². The Morgan fingerprint density at radius 3 is 2.95 bits per heavy atom. The van der Waals surface area contributed by atoms with Gasteiger partial charge in [0.25, 0.3) is 5.91 Å². The molecule has 0 saturated heterocycles. The van der Waals surface area contributed by atoms with Gasteiger partial charge in [0, 0.05) is 22.2 Å². The van der Waals surface area contributed by atoms with Crippen LogP contribution in [0.25, 0.3) is 10.9 Å². The van der Waals surface area contributed by atoms with Crippen molar-refractivity contribution < 1.29 is 4.79 Å². The topological polar surface area (TPSA) is 57.8 Å². The van der Waals surface area contributed by atoms with E-state index in [-0.39, 0.29) is 5.91 Å². The summed E-state index contributed by atoms with van der Waals surface area (Å²) in [4.78, 5) is 13.9. The Bertz CT molecular complexity index is 766. The van der Waals surface area contributed by atoms with E-state index in [4.69, 9.17) is 0 Å². The van der Waals surface area contributed by atoms with Gasteiger partial charge in [-0.2, -0.15) is 5.10 Å². The van der Waals surface area contributed by atoms with Crippen LogP contribution in [0.15, 0.2) is 58.5 Å². The summed E-state index contributed by atoms with van der Waals surface area (Å²) in [6, 6.07) is 13.7. The van der Waals surface area contributed by atoms with Crippen LogP contribution in [-0.2, 0) is 0 Å². The van der Waals surface area contributed by atoms with Gasteiger partial charge in [0.05, 0.1) is 17.3 Å². The number of nitrogens with one attached hydrogen (secondary N) is 2. The maximum absolute atomic E-state index is 11.9. The molecule has 0 radical (unpaired) electrons. The fraction of sp³-hybridized carbons (Fsp3) is 0.0667. The maximum atomic E-state index is 11.9. The van der Waals surface area contributed by atoms with Crippen molar-refractivity contribution in [2.45, 2.75) is 9.79 Å². The predicted molar refractivity (Wildman–Crippen MR) is 80.0 cm³/mol. The Labute approximate surface area is 120 Å². The van der Waals surface area contributed by atoms with Crippen LogP contribution in [0, 0.1) is 0 Å². The minimum Gasteiger partial charge on any atom is -0.355 e. The Balaban J connectivity index is 1.96. The second kappa shape index (κ2) is 5.38. The lowest BCUT2D eigenvalue weighted by atomic mass is 10.2. The fourth-order valence-electron chi connectivity index (χ4n) is 1.98. The van der Waals surface area contributed by atoms with Crippen molar-refractivity contribution in [1.29, 1.82) is 0 Å². The molecule has 2 aromatic carbocycles. The number of benzene rings is 2. The molecular formula is C15H13N3OS. The quantitative estimate of drug-likeness (QED) is 0.776. The van der Waals surface area contributed by atoms with Crippen LogP contribution >= 0.6 is 11.8 Å². The van der Waals surface area contributed by atoms with Crippen molar-refractivity contribution in [3.05, 3.63) is 54.2 Å². The average molecular weight is 283 g/mol. The summed E-state index contributed by atoms with van der Waals surface area (Å²) in [5, 5.41) is 10.7. The molecule has 1 amide bonds. The molecular weight excluding hydrogens is 270 g/mol. The highest BCUT2D eigenvalue weighted by molar-refractivity contribution is 7.99. The van der Waals surface area contributed by atoms with E-state index in [2.05, 4.69) is 15.5 Å². The van der Waals surface area contributed by atoms with Gasteiger partial charge in [-0.1, -0.05) is 30.0 Å². The molecule has 0 aliphatic carbocycles. The number of carbonyl (C=O) groups excluding carboxylic acids is 1. The number of aromatic nitrogens is 2. The molecule has 0 aliphatic heterocycles. The Kier molecular flexibility index (Phi) is 3.43. The van der Waals surface area contributed by atoms with Gasteiger partial charge in [0.15, 0.2) is 0 Å². The number of H-pyrrole nitrogens is 1. The Hall–Kier alpha value is -2.27. The molecule has 0 fully saturated rings. The normalized spacial score (nSPS) is 10.7. The van der Waals surface area contributed by atoms with Gasteiger partial charge >= 0.3 is 0 Å². The largest absolute Gasteiger partial charge is 0.355 e. The Morgan fingerprint density at radius 1 is 1.25 bits per heavy atom. The molecule has 0 saturated carbocycles. The first-order valence-corrected chi connectivity index (χ1v) is 7.01. The molecule has 0 bridgehead atoms. The number of nitrogens with zero attached hydrogens (tertiary/aromatic N) is 1. The summed E-state index contributed by atoms with van der Waals surface area (Å²) < 4.78 is 0. The smallest absolute Gasteiger partial charge is 0.252 e. The standard InChI is InChI=1S/C15H13N3OS/c1-16-15(19)12-4-2-3-5-14(12)20-11-7-6-10-9-17-18-13(10)8-11/h2-9H,1H3,(H,16,19)(H,17,18). The van der Waals surface area contributed by atoms with Crippen molar-refractivity contribution in [2.24, 2.45) is 0 Å². The van der Waals surface area contributed by atoms with Crippen molar-refractivity contribution in [2.75, 3.05) is 7.05 Å². The molecule has 5 heteroatoms. The first-order chi connectivity index (χ1) is 9.78. The van der Waals surface area contributed by atoms with Gasteiger partial charge in [-0.15, -0.1) is 0 Å². The molecule has 1 aromatic heterocycles. The molecule has 3 rings (SSSR count). The third-order valence-corrected chi connectivity index (χ3v) is 4.07. The number of carbonyl (C=O) groups is 1. The highest BCUT2D eigenvalue weighted by Crippen LogP contribution is 2.31. The molecule has 0 unspecified atom stereocenters. The van der Waals surface area contributed by atoms with Crippen LogP contribution in [0.4, 0.5) is 0 Å². The first kappa shape index (κ1) is 12.7. The number of amides is 1. The number of hydrogen-bond donors (Lipinski definition) is 2. The fourth-order valence-corrected chi connectivity index (χ4v) is 2.97. The van der Waals surface area contributed by atoms with E-state index in [0.29, 0.717) is 5.56 Å². The zero-order valence-corrected chi connectivity index (χ0v) is 11.7. The van der Waals surface area contributed by atoms with Crippen LogP contribution in [0.1, 0.15) is 10.4 Å². The number of aromatic amines is 1. The molecule has 0 aliphatic rings. The number of fused-ring (bicyclic) bond motifs is 1. The lowest BCUT2D eigenvalue weighted by Crippen LogP contribution is -2.18. The van der Waals surface area contributed by atoms with Gasteiger partial charge in [0.2, 0.25) is 0 Å². The zero-order valence-electron chi connectivity index (χ0n) is 10.9. The summed E-state index contributed by atoms with van der Waals surface area (Å²) in [7, 11) is 1.64. The van der Waals surface area contributed by atoms with Gasteiger partial charge < -0.3 is 5.32 Å². The van der Waals surface area contributed by atoms with E-state index >= 15 is 0 Å². The SMILES string of the molecule is CNC(=O)c1ccccc1Sc1ccc2cn[nH]c2c1. The van der Waals surface area contributed by atoms with Crippen LogP contribution < -0.4 is 5.32 Å². The molecule has 4 nitrogen and oxygen atoms in total. The summed E-state index contributed by atoms with van der Waals surface area (Å²) >= 11 is 1.57. The minimum absolute atomic E-state index is 0.0734. The molecule has 1 heterocycles. The van der Waals surface area contributed by atoms with Crippen molar-refractivity contribution in [3.63, 3.8) is 0 Å². The van der Waals surface area contributed by atoms with E-state index in [0.717, 1.165) is 20.7 Å².